The van der Waals surface area contributed by atoms with Gasteiger partial charge in [-0.05, 0) is 26.7 Å². The topological polar surface area (TPSA) is 392 Å². The predicted molar refractivity (Wildman–Crippen MR) is 183 cm³/mol. The molecule has 0 aromatic carbocycles. The third-order valence-electron chi connectivity index (χ3n) is 10.1. The van der Waals surface area contributed by atoms with Crippen molar-refractivity contribution in [3.8, 4) is 0 Å². The summed E-state index contributed by atoms with van der Waals surface area (Å²) in [7, 11) is 0. The zero-order chi connectivity index (χ0) is 42.3. The molecule has 4 aliphatic rings. The van der Waals surface area contributed by atoms with E-state index >= 15 is 0 Å². The molecule has 3 amide bonds. The molecule has 20 unspecified atom stereocenters. The number of hydrogen-bond acceptors (Lipinski definition) is 22. The number of hydrazine groups is 2. The molecule has 25 nitrogen and oxygen atoms in total. The maximum absolute atomic E-state index is 13.4. The average molecular weight is 832 g/mol. The van der Waals surface area contributed by atoms with E-state index in [9.17, 15) is 65.4 Å². The van der Waals surface area contributed by atoms with Gasteiger partial charge in [0.05, 0.1) is 31.5 Å². The summed E-state index contributed by atoms with van der Waals surface area (Å²) in [6.07, 6.45) is -31.5. The molecule has 0 aromatic rings. The van der Waals surface area contributed by atoms with E-state index in [2.05, 4.69) is 16.2 Å². The van der Waals surface area contributed by atoms with Gasteiger partial charge in [0, 0.05) is 19.8 Å². The summed E-state index contributed by atoms with van der Waals surface area (Å²) in [5, 5.41) is 109. The number of carbonyl (C=O) groups is 3. The van der Waals surface area contributed by atoms with Gasteiger partial charge >= 0.3 is 0 Å². The van der Waals surface area contributed by atoms with Crippen molar-refractivity contribution < 1.29 is 98.6 Å². The Morgan fingerprint density at radius 1 is 0.596 bits per heavy atom. The number of nitrogens with two attached hydrogens (primary N) is 1. The van der Waals surface area contributed by atoms with Gasteiger partial charge in [-0.15, -0.1) is 0 Å². The van der Waals surface area contributed by atoms with Gasteiger partial charge in [-0.3, -0.25) is 25.2 Å². The minimum absolute atomic E-state index is 0.00746. The third-order valence-corrected chi connectivity index (χ3v) is 10.1. The Morgan fingerprint density at radius 2 is 1.11 bits per heavy atom. The van der Waals surface area contributed by atoms with Crippen LogP contribution in [0.15, 0.2) is 0 Å². The maximum Gasteiger partial charge on any atom is 0.233 e. The molecule has 4 aliphatic heterocycles. The maximum atomic E-state index is 13.4. The van der Waals surface area contributed by atoms with E-state index in [4.69, 9.17) is 39.0 Å². The first kappa shape index (κ1) is 47.3. The fourth-order valence-electron chi connectivity index (χ4n) is 6.80. The van der Waals surface area contributed by atoms with Gasteiger partial charge in [-0.1, -0.05) is 0 Å². The van der Waals surface area contributed by atoms with Crippen molar-refractivity contribution >= 4 is 17.7 Å². The van der Waals surface area contributed by atoms with Gasteiger partial charge < -0.3 is 89.5 Å². The lowest BCUT2D eigenvalue weighted by atomic mass is 9.93. The fraction of sp³-hybridized carbons (Fsp3) is 0.906. The van der Waals surface area contributed by atoms with Crippen LogP contribution in [0.4, 0.5) is 0 Å². The molecule has 20 atom stereocenters. The van der Waals surface area contributed by atoms with Crippen molar-refractivity contribution in [2.75, 3.05) is 13.2 Å². The van der Waals surface area contributed by atoms with Crippen LogP contribution in [0.1, 0.15) is 46.5 Å². The summed E-state index contributed by atoms with van der Waals surface area (Å²) in [5.41, 5.74) is 6.86. The third kappa shape index (κ3) is 11.5. The van der Waals surface area contributed by atoms with Crippen LogP contribution in [0, 0.1) is 0 Å². The second-order valence-electron chi connectivity index (χ2n) is 14.3. The first-order valence-corrected chi connectivity index (χ1v) is 18.5. The lowest BCUT2D eigenvalue weighted by molar-refractivity contribution is -0.387. The Morgan fingerprint density at radius 3 is 1.61 bits per heavy atom. The van der Waals surface area contributed by atoms with Crippen molar-refractivity contribution in [3.63, 3.8) is 0 Å². The SMILES string of the molecule is CC(=O)NNC1OC(CO)C(OC2OC(CO)C(O)C(O)C2OC2OC(C)C(O)C(O)C2O)C(OC2OC(C)C(O)C(O)C2O)C1NC(=O)CCCCC(=O)NN. The number of ether oxygens (including phenoxy) is 7. The highest BCUT2D eigenvalue weighted by Gasteiger charge is 2.56. The molecule has 4 rings (SSSR count). The smallest absolute Gasteiger partial charge is 0.233 e. The lowest BCUT2D eigenvalue weighted by Gasteiger charge is -2.51. The first-order chi connectivity index (χ1) is 26.9. The van der Waals surface area contributed by atoms with Crippen LogP contribution in [-0.4, -0.2) is 205 Å². The van der Waals surface area contributed by atoms with Crippen molar-refractivity contribution in [2.45, 2.75) is 169 Å². The first-order valence-electron chi connectivity index (χ1n) is 18.5. The fourth-order valence-corrected chi connectivity index (χ4v) is 6.80. The zero-order valence-electron chi connectivity index (χ0n) is 31.4. The number of aliphatic hydroxyl groups excluding tert-OH is 10. The van der Waals surface area contributed by atoms with Gasteiger partial charge in [0.2, 0.25) is 17.7 Å². The molecule has 0 saturated carbocycles. The average Bonchev–Trinajstić information content (AvgIpc) is 3.18. The van der Waals surface area contributed by atoms with Crippen LogP contribution in [0.3, 0.4) is 0 Å². The lowest BCUT2D eigenvalue weighted by Crippen LogP contribution is -2.72. The molecular weight excluding hydrogens is 774 g/mol. The standard InChI is InChI=1S/C32H57N5O20/c1-10-18(43)21(46)24(49)30(51-10)56-27-17(34-15(41)6-4-5-7-16(42)35-33)29(37-36-12(3)40)53-14(9-39)26(27)55-32-28(23(48)20(45)13(8-38)54-32)57-31-25(50)22(47)19(44)11(2)52-31/h10-11,13-14,17-32,37-39,43-50H,4-9,33H2,1-3H3,(H,34,41)(H,35,42)(H,36,40). The Balaban J connectivity index is 1.73. The molecule has 57 heavy (non-hydrogen) atoms. The van der Waals surface area contributed by atoms with Crippen LogP contribution < -0.4 is 27.4 Å². The summed E-state index contributed by atoms with van der Waals surface area (Å²) in [5.74, 6) is 3.37. The predicted octanol–water partition coefficient (Wildman–Crippen LogP) is -8.37. The summed E-state index contributed by atoms with van der Waals surface area (Å²) >= 11 is 0. The number of hydrogen-bond donors (Lipinski definition) is 15. The molecule has 4 fully saturated rings. The van der Waals surface area contributed by atoms with Crippen LogP contribution in [0.2, 0.25) is 0 Å². The van der Waals surface area contributed by atoms with Crippen LogP contribution >= 0.6 is 0 Å². The van der Waals surface area contributed by atoms with Gasteiger partial charge in [0.25, 0.3) is 0 Å². The molecule has 16 N–H and O–H groups in total. The van der Waals surface area contributed by atoms with Crippen molar-refractivity contribution in [3.05, 3.63) is 0 Å². The number of carbonyl (C=O) groups excluding carboxylic acids is 3. The monoisotopic (exact) mass is 831 g/mol. The Labute approximate surface area is 326 Å². The molecule has 25 heteroatoms. The number of unbranched alkanes of at least 4 members (excludes halogenated alkanes) is 1. The second kappa shape index (κ2) is 21.3. The number of aliphatic hydroxyl groups is 10. The highest BCUT2D eigenvalue weighted by molar-refractivity contribution is 5.77. The number of rotatable bonds is 16. The van der Waals surface area contributed by atoms with E-state index in [1.807, 2.05) is 5.43 Å². The van der Waals surface area contributed by atoms with Crippen molar-refractivity contribution in [1.29, 1.82) is 0 Å². The minimum Gasteiger partial charge on any atom is -0.394 e. The Hall–Kier alpha value is -2.35. The molecule has 4 heterocycles. The normalized spacial score (nSPS) is 43.9. The van der Waals surface area contributed by atoms with E-state index in [0.717, 1.165) is 6.92 Å². The molecule has 0 aliphatic carbocycles. The summed E-state index contributed by atoms with van der Waals surface area (Å²) in [6.45, 7) is 2.10. The van der Waals surface area contributed by atoms with Gasteiger partial charge in [0.1, 0.15) is 85.6 Å². The molecule has 4 saturated heterocycles. The zero-order valence-corrected chi connectivity index (χ0v) is 31.4. The largest absolute Gasteiger partial charge is 0.394 e. The quantitative estimate of drug-likeness (QED) is 0.0297. The van der Waals surface area contributed by atoms with E-state index in [1.165, 1.54) is 13.8 Å². The van der Waals surface area contributed by atoms with Gasteiger partial charge in [0.15, 0.2) is 18.9 Å². The molecular formula is C32H57N5O20. The second-order valence-corrected chi connectivity index (χ2v) is 14.3. The molecule has 330 valence electrons. The Bertz CT molecular complexity index is 1310. The van der Waals surface area contributed by atoms with E-state index in [1.54, 1.807) is 0 Å². The van der Waals surface area contributed by atoms with Crippen LogP contribution in [0.25, 0.3) is 0 Å². The molecule has 0 radical (unpaired) electrons. The summed E-state index contributed by atoms with van der Waals surface area (Å²) in [4.78, 5) is 37.0. The Kier molecular flexibility index (Phi) is 17.6. The van der Waals surface area contributed by atoms with E-state index in [-0.39, 0.29) is 25.7 Å². The molecule has 0 aromatic heterocycles. The highest BCUT2D eigenvalue weighted by Crippen LogP contribution is 2.35. The number of nitrogens with one attached hydrogen (secondary N) is 4. The summed E-state index contributed by atoms with van der Waals surface area (Å²) < 4.78 is 41.3. The van der Waals surface area contributed by atoms with Crippen LogP contribution in [0.5, 0.6) is 0 Å². The van der Waals surface area contributed by atoms with E-state index < -0.39 is 154 Å². The minimum atomic E-state index is -1.97. The van der Waals surface area contributed by atoms with Crippen molar-refractivity contribution in [2.24, 2.45) is 5.84 Å². The van der Waals surface area contributed by atoms with Gasteiger partial charge in [-0.25, -0.2) is 11.3 Å². The van der Waals surface area contributed by atoms with Gasteiger partial charge in [-0.2, -0.15) is 0 Å². The molecule has 0 bridgehead atoms. The van der Waals surface area contributed by atoms with Crippen LogP contribution in [-0.2, 0) is 47.5 Å². The molecule has 0 spiro atoms. The highest BCUT2D eigenvalue weighted by atomic mass is 16.8. The van der Waals surface area contributed by atoms with Crippen molar-refractivity contribution in [1.82, 2.24) is 21.6 Å². The number of amides is 3. The summed E-state index contributed by atoms with van der Waals surface area (Å²) in [6, 6.07) is -1.48. The van der Waals surface area contributed by atoms with E-state index in [0.29, 0.717) is 0 Å².